The van der Waals surface area contributed by atoms with Gasteiger partial charge in [-0.05, 0) is 42.7 Å². The van der Waals surface area contributed by atoms with Crippen LogP contribution in [0.1, 0.15) is 25.3 Å². The van der Waals surface area contributed by atoms with Crippen LogP contribution in [0.15, 0.2) is 60.8 Å². The predicted octanol–water partition coefficient (Wildman–Crippen LogP) is 3.98. The molecule has 0 aliphatic heterocycles. The minimum Gasteiger partial charge on any atom is -0.445 e. The predicted molar refractivity (Wildman–Crippen MR) is 108 cm³/mol. The number of anilines is 1. The average Bonchev–Trinajstić information content (AvgIpc) is 3.13. The summed E-state index contributed by atoms with van der Waals surface area (Å²) in [6.45, 7) is 1.83. The molecule has 1 aromatic heterocycles. The van der Waals surface area contributed by atoms with E-state index in [1.807, 2.05) is 65.7 Å². The molecule has 0 spiro atoms. The summed E-state index contributed by atoms with van der Waals surface area (Å²) in [6.07, 6.45) is 2.89. The van der Waals surface area contributed by atoms with Crippen LogP contribution in [0, 0.1) is 0 Å². The highest BCUT2D eigenvalue weighted by molar-refractivity contribution is 5.95. The average molecular weight is 377 g/mol. The molecule has 1 saturated carbocycles. The van der Waals surface area contributed by atoms with E-state index < -0.39 is 6.09 Å². The fourth-order valence-electron chi connectivity index (χ4n) is 3.69. The van der Waals surface area contributed by atoms with Crippen molar-refractivity contribution in [1.82, 2.24) is 10.3 Å². The Labute approximate surface area is 163 Å². The molecule has 144 valence electrons. The number of carbonyl (C=O) groups is 2. The van der Waals surface area contributed by atoms with Gasteiger partial charge in [0.25, 0.3) is 0 Å². The van der Waals surface area contributed by atoms with Crippen LogP contribution >= 0.6 is 0 Å². The van der Waals surface area contributed by atoms with Crippen LogP contribution in [-0.4, -0.2) is 29.1 Å². The number of fused-ring (bicyclic) bond motifs is 1. The minimum absolute atomic E-state index is 0.00462. The first-order valence-corrected chi connectivity index (χ1v) is 9.44. The van der Waals surface area contributed by atoms with Gasteiger partial charge in [-0.3, -0.25) is 4.79 Å². The normalized spacial score (nSPS) is 18.3. The van der Waals surface area contributed by atoms with Crippen LogP contribution in [0.5, 0.6) is 0 Å². The van der Waals surface area contributed by atoms with Gasteiger partial charge < -0.3 is 19.9 Å². The van der Waals surface area contributed by atoms with Gasteiger partial charge >= 0.3 is 6.09 Å². The van der Waals surface area contributed by atoms with Gasteiger partial charge in [-0.15, -0.1) is 0 Å². The van der Waals surface area contributed by atoms with E-state index in [0.717, 1.165) is 22.2 Å². The number of carbonyl (C=O) groups excluding carboxylic acids is 2. The van der Waals surface area contributed by atoms with Gasteiger partial charge in [-0.1, -0.05) is 30.3 Å². The summed E-state index contributed by atoms with van der Waals surface area (Å²) in [5.74, 6) is 0.00462. The molecule has 0 unspecified atom stereocenters. The van der Waals surface area contributed by atoms with Crippen molar-refractivity contribution in [1.29, 1.82) is 0 Å². The molecule has 1 heterocycles. The number of nitrogens with zero attached hydrogens (tertiary/aromatic N) is 1. The Bertz CT molecular complexity index is 977. The maximum absolute atomic E-state index is 12.2. The summed E-state index contributed by atoms with van der Waals surface area (Å²) in [5.41, 5.74) is 2.88. The van der Waals surface area contributed by atoms with Crippen molar-refractivity contribution < 1.29 is 14.3 Å². The second kappa shape index (κ2) is 7.76. The molecule has 2 aromatic carbocycles. The molecular formula is C22H23N3O3. The van der Waals surface area contributed by atoms with Gasteiger partial charge in [0, 0.05) is 41.8 Å². The lowest BCUT2D eigenvalue weighted by molar-refractivity contribution is -0.117. The Hall–Kier alpha value is -3.28. The zero-order valence-corrected chi connectivity index (χ0v) is 15.7. The molecule has 1 fully saturated rings. The molecule has 6 nitrogen and oxygen atoms in total. The van der Waals surface area contributed by atoms with Gasteiger partial charge in [0.15, 0.2) is 0 Å². The number of nitrogens with one attached hydrogen (secondary N) is 2. The van der Waals surface area contributed by atoms with Crippen molar-refractivity contribution in [3.05, 3.63) is 66.4 Å². The largest absolute Gasteiger partial charge is 0.445 e. The van der Waals surface area contributed by atoms with Crippen molar-refractivity contribution >= 4 is 28.6 Å². The van der Waals surface area contributed by atoms with Gasteiger partial charge in [0.2, 0.25) is 5.91 Å². The molecule has 0 atom stereocenters. The SMILES string of the molecule is CC(=O)N(c1ccc2[nH]ccc2c1)C1CC(NC(=O)OCc2ccccc2)C1. The lowest BCUT2D eigenvalue weighted by atomic mass is 9.85. The van der Waals surface area contributed by atoms with Crippen molar-refractivity contribution in [3.8, 4) is 0 Å². The Morgan fingerprint density at radius 3 is 2.68 bits per heavy atom. The molecule has 4 rings (SSSR count). The summed E-state index contributed by atoms with van der Waals surface area (Å²) < 4.78 is 5.27. The highest BCUT2D eigenvalue weighted by Crippen LogP contribution is 2.32. The van der Waals surface area contributed by atoms with E-state index in [2.05, 4.69) is 10.3 Å². The molecule has 1 aliphatic carbocycles. The summed E-state index contributed by atoms with van der Waals surface area (Å²) in [5, 5.41) is 3.95. The summed E-state index contributed by atoms with van der Waals surface area (Å²) >= 11 is 0. The number of rotatable bonds is 5. The maximum atomic E-state index is 12.2. The summed E-state index contributed by atoms with van der Waals surface area (Å²) in [4.78, 5) is 29.2. The Kier molecular flexibility index (Phi) is 5.02. The van der Waals surface area contributed by atoms with E-state index >= 15 is 0 Å². The minimum atomic E-state index is -0.421. The van der Waals surface area contributed by atoms with Crippen molar-refractivity contribution in [2.45, 2.75) is 38.5 Å². The number of alkyl carbamates (subject to hydrolysis) is 1. The molecule has 0 saturated heterocycles. The highest BCUT2D eigenvalue weighted by atomic mass is 16.5. The monoisotopic (exact) mass is 377 g/mol. The zero-order valence-electron chi connectivity index (χ0n) is 15.7. The van der Waals surface area contributed by atoms with Crippen LogP contribution in [0.2, 0.25) is 0 Å². The van der Waals surface area contributed by atoms with Crippen molar-refractivity contribution in [2.75, 3.05) is 4.90 Å². The van der Waals surface area contributed by atoms with E-state index in [1.165, 1.54) is 0 Å². The first kappa shape index (κ1) is 18.1. The maximum Gasteiger partial charge on any atom is 0.407 e. The second-order valence-electron chi connectivity index (χ2n) is 7.17. The standard InChI is InChI=1S/C22H23N3O3/c1-15(26)25(19-7-8-21-17(11-19)9-10-23-21)20-12-18(13-20)24-22(27)28-14-16-5-3-2-4-6-16/h2-11,18,20,23H,12-14H2,1H3,(H,24,27). The van der Waals surface area contributed by atoms with Gasteiger partial charge in [0.1, 0.15) is 6.61 Å². The third-order valence-corrected chi connectivity index (χ3v) is 5.17. The van der Waals surface area contributed by atoms with E-state index in [-0.39, 0.29) is 24.6 Å². The number of benzene rings is 2. The number of amides is 2. The van der Waals surface area contributed by atoms with E-state index in [1.54, 1.807) is 6.92 Å². The smallest absolute Gasteiger partial charge is 0.407 e. The molecule has 2 amide bonds. The fraction of sp³-hybridized carbons (Fsp3) is 0.273. The van der Waals surface area contributed by atoms with Crippen molar-refractivity contribution in [3.63, 3.8) is 0 Å². The zero-order chi connectivity index (χ0) is 19.5. The third-order valence-electron chi connectivity index (χ3n) is 5.17. The molecule has 0 radical (unpaired) electrons. The number of H-pyrrole nitrogens is 1. The number of ether oxygens (including phenoxy) is 1. The van der Waals surface area contributed by atoms with Crippen LogP contribution in [0.3, 0.4) is 0 Å². The summed E-state index contributed by atoms with van der Waals surface area (Å²) in [7, 11) is 0. The van der Waals surface area contributed by atoms with Gasteiger partial charge in [0.05, 0.1) is 0 Å². The quantitative estimate of drug-likeness (QED) is 0.706. The van der Waals surface area contributed by atoms with Crippen LogP contribution in [-0.2, 0) is 16.1 Å². The van der Waals surface area contributed by atoms with E-state index in [9.17, 15) is 9.59 Å². The molecular weight excluding hydrogens is 354 g/mol. The Morgan fingerprint density at radius 2 is 1.93 bits per heavy atom. The van der Waals surface area contributed by atoms with Crippen LogP contribution in [0.4, 0.5) is 10.5 Å². The molecule has 6 heteroatoms. The number of aromatic amines is 1. The Morgan fingerprint density at radius 1 is 1.14 bits per heavy atom. The highest BCUT2D eigenvalue weighted by Gasteiger charge is 2.37. The first-order valence-electron chi connectivity index (χ1n) is 9.44. The van der Waals surface area contributed by atoms with Crippen LogP contribution < -0.4 is 10.2 Å². The van der Waals surface area contributed by atoms with Crippen molar-refractivity contribution in [2.24, 2.45) is 0 Å². The molecule has 28 heavy (non-hydrogen) atoms. The molecule has 2 N–H and O–H groups in total. The molecule has 1 aliphatic rings. The second-order valence-corrected chi connectivity index (χ2v) is 7.17. The molecule has 0 bridgehead atoms. The number of aromatic nitrogens is 1. The van der Waals surface area contributed by atoms with Crippen LogP contribution in [0.25, 0.3) is 10.9 Å². The number of hydrogen-bond donors (Lipinski definition) is 2. The van der Waals surface area contributed by atoms with E-state index in [4.69, 9.17) is 4.74 Å². The van der Waals surface area contributed by atoms with Gasteiger partial charge in [-0.2, -0.15) is 0 Å². The fourth-order valence-corrected chi connectivity index (χ4v) is 3.69. The number of hydrogen-bond acceptors (Lipinski definition) is 3. The van der Waals surface area contributed by atoms with E-state index in [0.29, 0.717) is 12.8 Å². The first-order chi connectivity index (χ1) is 13.6. The topological polar surface area (TPSA) is 74.4 Å². The van der Waals surface area contributed by atoms with Gasteiger partial charge in [-0.25, -0.2) is 4.79 Å². The Balaban J connectivity index is 1.32. The lowest BCUT2D eigenvalue weighted by Crippen LogP contribution is -2.55. The molecule has 3 aromatic rings. The lowest BCUT2D eigenvalue weighted by Gasteiger charge is -2.42. The third kappa shape index (κ3) is 3.86. The summed E-state index contributed by atoms with van der Waals surface area (Å²) in [6, 6.07) is 17.6.